The van der Waals surface area contributed by atoms with Crippen LogP contribution in [0.4, 0.5) is 18.9 Å². The van der Waals surface area contributed by atoms with Gasteiger partial charge in [0.05, 0.1) is 23.9 Å². The molecule has 0 spiro atoms. The van der Waals surface area contributed by atoms with E-state index in [2.05, 4.69) is 4.74 Å². The van der Waals surface area contributed by atoms with Crippen molar-refractivity contribution in [3.8, 4) is 5.69 Å². The Balaban J connectivity index is 2.05. The van der Waals surface area contributed by atoms with Crippen LogP contribution in [0.25, 0.3) is 16.6 Å². The molecular weight excluding hydrogens is 385 g/mol. The summed E-state index contributed by atoms with van der Waals surface area (Å²) in [6, 6.07) is 9.89. The third kappa shape index (κ3) is 3.24. The Hall–Kier alpha value is -3.29. The lowest BCUT2D eigenvalue weighted by Crippen LogP contribution is -2.28. The number of ether oxygens (including phenoxy) is 1. The number of benzene rings is 2. The molecule has 0 radical (unpaired) electrons. The molecule has 1 aliphatic rings. The maximum absolute atomic E-state index is 13.3. The molecule has 4 rings (SSSR count). The van der Waals surface area contributed by atoms with Crippen LogP contribution in [0.1, 0.15) is 40.2 Å². The van der Waals surface area contributed by atoms with Crippen LogP contribution in [0.15, 0.2) is 47.3 Å². The molecule has 3 aromatic rings. The summed E-state index contributed by atoms with van der Waals surface area (Å²) in [7, 11) is 1.10. The van der Waals surface area contributed by atoms with Crippen LogP contribution >= 0.6 is 0 Å². The van der Waals surface area contributed by atoms with E-state index < -0.39 is 28.8 Å². The van der Waals surface area contributed by atoms with Gasteiger partial charge < -0.3 is 10.5 Å². The van der Waals surface area contributed by atoms with Gasteiger partial charge in [0.15, 0.2) is 0 Å². The predicted octanol–water partition coefficient (Wildman–Crippen LogP) is 4.26. The average Bonchev–Trinajstić information content (AvgIpc) is 3.52. The summed E-state index contributed by atoms with van der Waals surface area (Å²) >= 11 is 0. The van der Waals surface area contributed by atoms with Gasteiger partial charge in [0.2, 0.25) is 0 Å². The molecule has 0 unspecified atom stereocenters. The largest absolute Gasteiger partial charge is 0.465 e. The summed E-state index contributed by atoms with van der Waals surface area (Å²) in [6.07, 6.45) is -2.42. The Kier molecular flexibility index (Phi) is 4.37. The van der Waals surface area contributed by atoms with Crippen molar-refractivity contribution in [2.45, 2.75) is 24.9 Å². The Morgan fingerprint density at radius 3 is 2.34 bits per heavy atom. The van der Waals surface area contributed by atoms with E-state index in [9.17, 15) is 22.8 Å². The minimum atomic E-state index is -4.60. The smallest absolute Gasteiger partial charge is 0.416 e. The summed E-state index contributed by atoms with van der Waals surface area (Å²) in [4.78, 5) is 25.3. The van der Waals surface area contributed by atoms with Crippen molar-refractivity contribution in [2.24, 2.45) is 0 Å². The first-order chi connectivity index (χ1) is 13.7. The number of methoxy groups -OCH3 is 1. The highest BCUT2D eigenvalue weighted by molar-refractivity contribution is 6.04. The van der Waals surface area contributed by atoms with Crippen molar-refractivity contribution in [1.82, 2.24) is 4.57 Å². The zero-order valence-corrected chi connectivity index (χ0v) is 15.4. The van der Waals surface area contributed by atoms with Crippen molar-refractivity contribution in [3.05, 3.63) is 69.5 Å². The fraction of sp³-hybridized carbons (Fsp3) is 0.238. The Labute approximate surface area is 163 Å². The van der Waals surface area contributed by atoms with Gasteiger partial charge in [-0.1, -0.05) is 18.2 Å². The van der Waals surface area contributed by atoms with Crippen LogP contribution < -0.4 is 11.3 Å². The van der Waals surface area contributed by atoms with E-state index in [1.54, 1.807) is 12.1 Å². The fourth-order valence-electron chi connectivity index (χ4n) is 3.46. The monoisotopic (exact) mass is 402 g/mol. The molecule has 29 heavy (non-hydrogen) atoms. The molecule has 0 bridgehead atoms. The Morgan fingerprint density at radius 2 is 1.79 bits per heavy atom. The van der Waals surface area contributed by atoms with Gasteiger partial charge in [-0.25, -0.2) is 4.79 Å². The molecule has 1 heterocycles. The summed E-state index contributed by atoms with van der Waals surface area (Å²) in [6.45, 7) is 0. The molecule has 0 aliphatic heterocycles. The first-order valence-electron chi connectivity index (χ1n) is 8.96. The number of fused-ring (bicyclic) bond motifs is 1. The van der Waals surface area contributed by atoms with Crippen molar-refractivity contribution in [1.29, 1.82) is 0 Å². The average molecular weight is 402 g/mol. The summed E-state index contributed by atoms with van der Waals surface area (Å²) in [5.74, 6) is -0.468. The first-order valence-corrected chi connectivity index (χ1v) is 8.96. The van der Waals surface area contributed by atoms with E-state index in [-0.39, 0.29) is 16.6 Å². The molecule has 2 N–H and O–H groups in total. The second-order valence-electron chi connectivity index (χ2n) is 7.02. The minimum absolute atomic E-state index is 0.0332. The SMILES string of the molecule is COC(=O)c1c(N)c2ccc(C(F)(F)F)cc2n(-c2ccc(C3CC3)cc2)c1=O. The zero-order chi connectivity index (χ0) is 20.9. The number of carbonyl (C=O) groups is 1. The highest BCUT2D eigenvalue weighted by atomic mass is 19.4. The number of esters is 1. The van der Waals surface area contributed by atoms with Gasteiger partial charge in [-0.05, 0) is 48.6 Å². The number of halogens is 3. The highest BCUT2D eigenvalue weighted by Gasteiger charge is 2.32. The second-order valence-corrected chi connectivity index (χ2v) is 7.02. The maximum atomic E-state index is 13.3. The zero-order valence-electron chi connectivity index (χ0n) is 15.4. The van der Waals surface area contributed by atoms with Crippen LogP contribution in [0.5, 0.6) is 0 Å². The van der Waals surface area contributed by atoms with Gasteiger partial charge in [-0.3, -0.25) is 9.36 Å². The standard InChI is InChI=1S/C21H17F3N2O3/c1-29-20(28)17-18(25)15-9-6-13(21(22,23)24)10-16(15)26(19(17)27)14-7-4-12(5-8-14)11-2-3-11/h4-11H,2-3,25H2,1H3. The Bertz CT molecular complexity index is 1180. The van der Waals surface area contributed by atoms with Crippen molar-refractivity contribution in [3.63, 3.8) is 0 Å². The van der Waals surface area contributed by atoms with E-state index in [0.29, 0.717) is 11.6 Å². The summed E-state index contributed by atoms with van der Waals surface area (Å²) < 4.78 is 45.5. The minimum Gasteiger partial charge on any atom is -0.465 e. The number of anilines is 1. The topological polar surface area (TPSA) is 74.3 Å². The van der Waals surface area contributed by atoms with Gasteiger partial charge >= 0.3 is 12.1 Å². The summed E-state index contributed by atoms with van der Waals surface area (Å²) in [5, 5.41) is 0.157. The Morgan fingerprint density at radius 1 is 1.14 bits per heavy atom. The lowest BCUT2D eigenvalue weighted by Gasteiger charge is -2.17. The quantitative estimate of drug-likeness (QED) is 0.665. The lowest BCUT2D eigenvalue weighted by atomic mass is 10.0. The number of hydrogen-bond donors (Lipinski definition) is 1. The molecule has 1 aliphatic carbocycles. The van der Waals surface area contributed by atoms with Crippen molar-refractivity contribution >= 4 is 22.6 Å². The molecule has 0 amide bonds. The van der Waals surface area contributed by atoms with Crippen LogP contribution in [0, 0.1) is 0 Å². The van der Waals surface area contributed by atoms with Gasteiger partial charge in [-0.2, -0.15) is 13.2 Å². The first kappa shape index (κ1) is 19.0. The van der Waals surface area contributed by atoms with Crippen LogP contribution in [-0.4, -0.2) is 17.6 Å². The third-order valence-corrected chi connectivity index (χ3v) is 5.13. The van der Waals surface area contributed by atoms with E-state index >= 15 is 0 Å². The van der Waals surface area contributed by atoms with E-state index in [0.717, 1.165) is 48.3 Å². The van der Waals surface area contributed by atoms with Gasteiger partial charge in [0, 0.05) is 11.1 Å². The summed E-state index contributed by atoms with van der Waals surface area (Å²) in [5.41, 5.74) is 5.02. The van der Waals surface area contributed by atoms with Gasteiger partial charge in [0.25, 0.3) is 5.56 Å². The molecule has 150 valence electrons. The van der Waals surface area contributed by atoms with Gasteiger partial charge in [-0.15, -0.1) is 0 Å². The van der Waals surface area contributed by atoms with E-state index in [1.807, 2.05) is 12.1 Å². The van der Waals surface area contributed by atoms with E-state index in [4.69, 9.17) is 5.73 Å². The molecule has 1 aromatic heterocycles. The molecular formula is C21H17F3N2O3. The number of carbonyl (C=O) groups excluding carboxylic acids is 1. The number of hydrogen-bond acceptors (Lipinski definition) is 4. The van der Waals surface area contributed by atoms with Crippen LogP contribution in [-0.2, 0) is 10.9 Å². The number of rotatable bonds is 3. The number of pyridine rings is 1. The number of aromatic nitrogens is 1. The molecule has 2 aromatic carbocycles. The van der Waals surface area contributed by atoms with Crippen molar-refractivity contribution in [2.75, 3.05) is 12.8 Å². The normalized spacial score (nSPS) is 14.2. The fourth-order valence-corrected chi connectivity index (χ4v) is 3.46. The lowest BCUT2D eigenvalue weighted by molar-refractivity contribution is -0.137. The molecule has 8 heteroatoms. The number of nitrogens with zero attached hydrogens (tertiary/aromatic N) is 1. The predicted molar refractivity (Wildman–Crippen MR) is 102 cm³/mol. The molecule has 1 fully saturated rings. The molecule has 0 saturated heterocycles. The van der Waals surface area contributed by atoms with Crippen LogP contribution in [0.2, 0.25) is 0 Å². The van der Waals surface area contributed by atoms with Crippen molar-refractivity contribution < 1.29 is 22.7 Å². The number of nitrogen functional groups attached to an aromatic ring is 1. The molecule has 0 atom stereocenters. The number of nitrogens with two attached hydrogens (primary N) is 1. The number of alkyl halides is 3. The molecule has 5 nitrogen and oxygen atoms in total. The van der Waals surface area contributed by atoms with E-state index in [1.165, 1.54) is 0 Å². The second kappa shape index (κ2) is 6.65. The third-order valence-electron chi connectivity index (χ3n) is 5.13. The molecule has 1 saturated carbocycles. The van der Waals surface area contributed by atoms with Crippen LogP contribution in [0.3, 0.4) is 0 Å². The maximum Gasteiger partial charge on any atom is 0.416 e. The van der Waals surface area contributed by atoms with Gasteiger partial charge in [0.1, 0.15) is 5.56 Å². The highest BCUT2D eigenvalue weighted by Crippen LogP contribution is 2.40.